The molecule has 1 aromatic carbocycles. The van der Waals surface area contributed by atoms with Crippen LogP contribution in [0.15, 0.2) is 12.1 Å². The first-order chi connectivity index (χ1) is 6.93. The molecule has 5 heteroatoms. The highest BCUT2D eigenvalue weighted by atomic mass is 19.1. The van der Waals surface area contributed by atoms with Crippen LogP contribution in [0.5, 0.6) is 0 Å². The van der Waals surface area contributed by atoms with Crippen molar-refractivity contribution in [1.82, 2.24) is 0 Å². The number of carboxylic acids is 1. The van der Waals surface area contributed by atoms with E-state index in [0.29, 0.717) is 0 Å². The van der Waals surface area contributed by atoms with Crippen LogP contribution < -0.4 is 5.73 Å². The summed E-state index contributed by atoms with van der Waals surface area (Å²) in [4.78, 5) is 10.4. The van der Waals surface area contributed by atoms with Crippen LogP contribution in [-0.2, 0) is 4.79 Å². The molecule has 0 fully saturated rings. The number of hydrogen-bond acceptors (Lipinski definition) is 2. The van der Waals surface area contributed by atoms with Gasteiger partial charge < -0.3 is 10.8 Å². The minimum absolute atomic E-state index is 0.0244. The zero-order valence-electron chi connectivity index (χ0n) is 8.13. The van der Waals surface area contributed by atoms with Gasteiger partial charge in [0.25, 0.3) is 0 Å². The minimum Gasteiger partial charge on any atom is -0.481 e. The first kappa shape index (κ1) is 11.6. The Morgan fingerprint density at radius 2 is 2.13 bits per heavy atom. The fourth-order valence-corrected chi connectivity index (χ4v) is 1.27. The van der Waals surface area contributed by atoms with E-state index >= 15 is 0 Å². The van der Waals surface area contributed by atoms with E-state index in [1.807, 2.05) is 0 Å². The van der Waals surface area contributed by atoms with Gasteiger partial charge >= 0.3 is 5.97 Å². The van der Waals surface area contributed by atoms with Crippen molar-refractivity contribution in [3.05, 3.63) is 34.9 Å². The number of nitrogens with two attached hydrogens (primary N) is 1. The molecule has 0 heterocycles. The summed E-state index contributed by atoms with van der Waals surface area (Å²) >= 11 is 0. The van der Waals surface area contributed by atoms with Gasteiger partial charge in [0.15, 0.2) is 0 Å². The largest absolute Gasteiger partial charge is 0.481 e. The van der Waals surface area contributed by atoms with Crippen LogP contribution in [0.1, 0.15) is 23.6 Å². The van der Waals surface area contributed by atoms with Crippen molar-refractivity contribution < 1.29 is 18.7 Å². The molecule has 0 aliphatic rings. The van der Waals surface area contributed by atoms with Crippen molar-refractivity contribution in [1.29, 1.82) is 0 Å². The van der Waals surface area contributed by atoms with Crippen molar-refractivity contribution in [2.24, 2.45) is 5.73 Å². The van der Waals surface area contributed by atoms with Crippen LogP contribution >= 0.6 is 0 Å². The molecule has 3 N–H and O–H groups in total. The Hall–Kier alpha value is -1.49. The van der Waals surface area contributed by atoms with Gasteiger partial charge in [0, 0.05) is 17.2 Å². The molecular formula is C10H11F2NO2. The topological polar surface area (TPSA) is 63.3 Å². The maximum absolute atomic E-state index is 13.5. The SMILES string of the molecule is Cc1c(F)ccc(C(N)CC(=O)O)c1F. The summed E-state index contributed by atoms with van der Waals surface area (Å²) in [6, 6.07) is 1.29. The van der Waals surface area contributed by atoms with Crippen molar-refractivity contribution in [2.45, 2.75) is 19.4 Å². The number of benzene rings is 1. The third-order valence-corrected chi connectivity index (χ3v) is 2.14. The molecular weight excluding hydrogens is 204 g/mol. The quantitative estimate of drug-likeness (QED) is 0.807. The van der Waals surface area contributed by atoms with Gasteiger partial charge in [0.1, 0.15) is 11.6 Å². The second kappa shape index (κ2) is 4.35. The van der Waals surface area contributed by atoms with Gasteiger partial charge in [-0.2, -0.15) is 0 Å². The second-order valence-electron chi connectivity index (χ2n) is 3.28. The van der Waals surface area contributed by atoms with Crippen molar-refractivity contribution in [3.8, 4) is 0 Å². The van der Waals surface area contributed by atoms with Gasteiger partial charge in [-0.25, -0.2) is 8.78 Å². The molecule has 0 radical (unpaired) electrons. The number of hydrogen-bond donors (Lipinski definition) is 2. The molecule has 0 spiro atoms. The molecule has 0 aliphatic carbocycles. The van der Waals surface area contributed by atoms with Gasteiger partial charge in [-0.3, -0.25) is 4.79 Å². The lowest BCUT2D eigenvalue weighted by Gasteiger charge is -2.12. The maximum atomic E-state index is 13.5. The van der Waals surface area contributed by atoms with E-state index in [0.717, 1.165) is 6.07 Å². The summed E-state index contributed by atoms with van der Waals surface area (Å²) in [5.41, 5.74) is 5.35. The highest BCUT2D eigenvalue weighted by molar-refractivity contribution is 5.67. The standard InChI is InChI=1S/C10H11F2NO2/c1-5-7(11)3-2-6(10(5)12)8(13)4-9(14)15/h2-3,8H,4,13H2,1H3,(H,14,15). The van der Waals surface area contributed by atoms with Gasteiger partial charge in [-0.1, -0.05) is 6.07 Å². The van der Waals surface area contributed by atoms with Gasteiger partial charge in [-0.05, 0) is 13.0 Å². The molecule has 1 aromatic rings. The van der Waals surface area contributed by atoms with Gasteiger partial charge in [0.2, 0.25) is 0 Å². The van der Waals surface area contributed by atoms with Crippen LogP contribution in [0.3, 0.4) is 0 Å². The Morgan fingerprint density at radius 3 is 2.67 bits per heavy atom. The highest BCUT2D eigenvalue weighted by Gasteiger charge is 2.17. The average molecular weight is 215 g/mol. The fourth-order valence-electron chi connectivity index (χ4n) is 1.27. The zero-order valence-corrected chi connectivity index (χ0v) is 8.13. The highest BCUT2D eigenvalue weighted by Crippen LogP contribution is 2.22. The van der Waals surface area contributed by atoms with Crippen LogP contribution in [0.4, 0.5) is 8.78 Å². The molecule has 3 nitrogen and oxygen atoms in total. The Kier molecular flexibility index (Phi) is 3.36. The molecule has 15 heavy (non-hydrogen) atoms. The first-order valence-corrected chi connectivity index (χ1v) is 4.35. The van der Waals surface area contributed by atoms with Crippen LogP contribution in [0, 0.1) is 18.6 Å². The van der Waals surface area contributed by atoms with Crippen molar-refractivity contribution in [3.63, 3.8) is 0 Å². The third kappa shape index (κ3) is 2.50. The Balaban J connectivity index is 3.05. The van der Waals surface area contributed by atoms with E-state index in [1.54, 1.807) is 0 Å². The van der Waals surface area contributed by atoms with Crippen LogP contribution in [0.25, 0.3) is 0 Å². The van der Waals surface area contributed by atoms with Crippen molar-refractivity contribution >= 4 is 5.97 Å². The lowest BCUT2D eigenvalue weighted by molar-refractivity contribution is -0.137. The third-order valence-electron chi connectivity index (χ3n) is 2.14. The summed E-state index contributed by atoms with van der Waals surface area (Å²) in [6.45, 7) is 1.28. The van der Waals surface area contributed by atoms with E-state index in [1.165, 1.54) is 13.0 Å². The lowest BCUT2D eigenvalue weighted by Crippen LogP contribution is -2.17. The molecule has 1 atom stereocenters. The number of carbonyl (C=O) groups is 1. The van der Waals surface area contributed by atoms with E-state index in [4.69, 9.17) is 10.8 Å². The van der Waals surface area contributed by atoms with E-state index in [2.05, 4.69) is 0 Å². The molecule has 0 saturated heterocycles. The normalized spacial score (nSPS) is 12.5. The number of aliphatic carboxylic acids is 1. The summed E-state index contributed by atoms with van der Waals surface area (Å²) < 4.78 is 26.3. The first-order valence-electron chi connectivity index (χ1n) is 4.35. The predicted molar refractivity (Wildman–Crippen MR) is 50.3 cm³/mol. The maximum Gasteiger partial charge on any atom is 0.305 e. The number of carboxylic acid groups (broad SMARTS) is 1. The summed E-state index contributed by atoms with van der Waals surface area (Å²) in [6.07, 6.45) is -0.387. The molecule has 1 unspecified atom stereocenters. The average Bonchev–Trinajstić information content (AvgIpc) is 2.13. The molecule has 0 saturated carbocycles. The molecule has 0 amide bonds. The number of rotatable bonds is 3. The fraction of sp³-hybridized carbons (Fsp3) is 0.300. The van der Waals surface area contributed by atoms with Crippen LogP contribution in [-0.4, -0.2) is 11.1 Å². The lowest BCUT2D eigenvalue weighted by atomic mass is 10.0. The van der Waals surface area contributed by atoms with Gasteiger partial charge in [0.05, 0.1) is 6.42 Å². The number of halogens is 2. The van der Waals surface area contributed by atoms with Gasteiger partial charge in [-0.15, -0.1) is 0 Å². The van der Waals surface area contributed by atoms with Crippen LogP contribution in [0.2, 0.25) is 0 Å². The van der Waals surface area contributed by atoms with E-state index in [-0.39, 0.29) is 17.5 Å². The molecule has 82 valence electrons. The zero-order chi connectivity index (χ0) is 11.6. The molecule has 0 bridgehead atoms. The van der Waals surface area contributed by atoms with Crippen molar-refractivity contribution in [2.75, 3.05) is 0 Å². The molecule has 0 aliphatic heterocycles. The molecule has 0 aromatic heterocycles. The minimum atomic E-state index is -1.12. The van der Waals surface area contributed by atoms with E-state index in [9.17, 15) is 13.6 Å². The van der Waals surface area contributed by atoms with E-state index < -0.39 is 23.6 Å². The monoisotopic (exact) mass is 215 g/mol. The smallest absolute Gasteiger partial charge is 0.305 e. The second-order valence-corrected chi connectivity index (χ2v) is 3.28. The predicted octanol–water partition coefficient (Wildman–Crippen LogP) is 1.75. The Labute approximate surface area is 85.5 Å². The Morgan fingerprint density at radius 1 is 1.53 bits per heavy atom. The summed E-state index contributed by atoms with van der Waals surface area (Å²) in [7, 11) is 0. The summed E-state index contributed by atoms with van der Waals surface area (Å²) in [5, 5.41) is 8.48. The molecule has 1 rings (SSSR count). The summed E-state index contributed by atoms with van der Waals surface area (Å²) in [5.74, 6) is -2.56. The Bertz CT molecular complexity index is 393.